The van der Waals surface area contributed by atoms with Crippen LogP contribution in [0.3, 0.4) is 0 Å². The third-order valence-corrected chi connectivity index (χ3v) is 3.14. The molecule has 0 saturated carbocycles. The molecule has 5 nitrogen and oxygen atoms in total. The van der Waals surface area contributed by atoms with Gasteiger partial charge in [0.15, 0.2) is 0 Å². The predicted molar refractivity (Wildman–Crippen MR) is 70.1 cm³/mol. The van der Waals surface area contributed by atoms with Crippen molar-refractivity contribution < 1.29 is 9.72 Å². The highest BCUT2D eigenvalue weighted by Gasteiger charge is 2.18. The number of rotatable bonds is 5. The Balaban J connectivity index is 2.86. The van der Waals surface area contributed by atoms with Gasteiger partial charge in [0.2, 0.25) is 0 Å². The Hall–Kier alpha value is -1.62. The molecule has 1 amide bonds. The predicted octanol–water partition coefficient (Wildman–Crippen LogP) is 2.65. The molecule has 1 aromatic carbocycles. The van der Waals surface area contributed by atoms with Crippen molar-refractivity contribution in [3.8, 4) is 0 Å². The second-order valence-corrected chi connectivity index (χ2v) is 4.54. The molecule has 1 N–H and O–H groups in total. The number of hydrogen-bond acceptors (Lipinski definition) is 3. The van der Waals surface area contributed by atoms with Crippen LogP contribution < -0.4 is 5.32 Å². The van der Waals surface area contributed by atoms with Crippen LogP contribution >= 0.6 is 11.6 Å². The van der Waals surface area contributed by atoms with Gasteiger partial charge in [-0.25, -0.2) is 0 Å². The van der Waals surface area contributed by atoms with E-state index >= 15 is 0 Å². The average molecular weight is 271 g/mol. The Morgan fingerprint density at radius 2 is 2.22 bits per heavy atom. The van der Waals surface area contributed by atoms with Gasteiger partial charge < -0.3 is 5.32 Å². The number of nitrogens with one attached hydrogen (secondary N) is 1. The Labute approximate surface area is 110 Å². The highest BCUT2D eigenvalue weighted by molar-refractivity contribution is 6.20. The van der Waals surface area contributed by atoms with Crippen LogP contribution in [0.5, 0.6) is 0 Å². The summed E-state index contributed by atoms with van der Waals surface area (Å²) in [6.07, 6.45) is 0.746. The minimum absolute atomic E-state index is 0.0550. The van der Waals surface area contributed by atoms with Crippen molar-refractivity contribution in [3.05, 3.63) is 39.4 Å². The molecule has 98 valence electrons. The van der Waals surface area contributed by atoms with Crippen molar-refractivity contribution in [3.63, 3.8) is 0 Å². The average Bonchev–Trinajstić information content (AvgIpc) is 2.35. The van der Waals surface area contributed by atoms with Gasteiger partial charge in [0, 0.05) is 23.7 Å². The lowest BCUT2D eigenvalue weighted by Gasteiger charge is -2.10. The summed E-state index contributed by atoms with van der Waals surface area (Å²) in [5.74, 6) is -0.338. The summed E-state index contributed by atoms with van der Waals surface area (Å²) in [5.41, 5.74) is 0.618. The second-order valence-electron chi connectivity index (χ2n) is 3.92. The van der Waals surface area contributed by atoms with Gasteiger partial charge in [0.1, 0.15) is 0 Å². The summed E-state index contributed by atoms with van der Waals surface area (Å²) in [4.78, 5) is 22.1. The third kappa shape index (κ3) is 3.43. The zero-order valence-electron chi connectivity index (χ0n) is 10.3. The van der Waals surface area contributed by atoms with Crippen LogP contribution in [0.25, 0.3) is 0 Å². The summed E-state index contributed by atoms with van der Waals surface area (Å²) >= 11 is 5.90. The summed E-state index contributed by atoms with van der Waals surface area (Å²) in [5, 5.41) is 13.3. The Morgan fingerprint density at radius 3 is 2.78 bits per heavy atom. The smallest absolute Gasteiger partial charge is 0.273 e. The van der Waals surface area contributed by atoms with E-state index in [0.717, 1.165) is 6.42 Å². The summed E-state index contributed by atoms with van der Waals surface area (Å²) < 4.78 is 0. The number of amides is 1. The molecule has 0 fully saturated rings. The topological polar surface area (TPSA) is 72.2 Å². The van der Waals surface area contributed by atoms with Crippen LogP contribution in [0.2, 0.25) is 0 Å². The van der Waals surface area contributed by atoms with E-state index in [1.165, 1.54) is 12.1 Å². The maximum atomic E-state index is 11.9. The molecule has 0 aliphatic carbocycles. The highest BCUT2D eigenvalue weighted by Crippen LogP contribution is 2.20. The Morgan fingerprint density at radius 1 is 1.56 bits per heavy atom. The molecule has 6 heteroatoms. The Kier molecular flexibility index (Phi) is 5.09. The van der Waals surface area contributed by atoms with Crippen LogP contribution in [0.4, 0.5) is 5.69 Å². The van der Waals surface area contributed by atoms with Crippen LogP contribution in [0.15, 0.2) is 18.2 Å². The number of benzene rings is 1. The number of nitrogens with zero attached hydrogens (tertiary/aromatic N) is 1. The lowest BCUT2D eigenvalue weighted by atomic mass is 10.1. The molecule has 18 heavy (non-hydrogen) atoms. The third-order valence-electron chi connectivity index (χ3n) is 2.67. The van der Waals surface area contributed by atoms with E-state index in [1.807, 2.05) is 6.92 Å². The fourth-order valence-electron chi connectivity index (χ4n) is 1.51. The van der Waals surface area contributed by atoms with Crippen LogP contribution in [0, 0.1) is 17.0 Å². The van der Waals surface area contributed by atoms with Crippen molar-refractivity contribution >= 4 is 23.2 Å². The zero-order chi connectivity index (χ0) is 13.7. The first kappa shape index (κ1) is 14.4. The molecule has 0 aromatic heterocycles. The zero-order valence-corrected chi connectivity index (χ0v) is 11.0. The molecular formula is C12H15ClN2O3. The fourth-order valence-corrected chi connectivity index (χ4v) is 1.59. The lowest BCUT2D eigenvalue weighted by Crippen LogP contribution is -2.30. The molecule has 1 atom stereocenters. The first-order chi connectivity index (χ1) is 8.47. The maximum Gasteiger partial charge on any atom is 0.273 e. The van der Waals surface area contributed by atoms with E-state index < -0.39 is 4.92 Å². The number of carbonyl (C=O) groups excluding carboxylic acids is 1. The number of halogens is 1. The van der Waals surface area contributed by atoms with Gasteiger partial charge in [-0.3, -0.25) is 14.9 Å². The van der Waals surface area contributed by atoms with Crippen LogP contribution in [-0.2, 0) is 0 Å². The van der Waals surface area contributed by atoms with Gasteiger partial charge in [-0.2, -0.15) is 0 Å². The molecule has 0 heterocycles. The van der Waals surface area contributed by atoms with E-state index in [2.05, 4.69) is 5.32 Å². The van der Waals surface area contributed by atoms with E-state index in [4.69, 9.17) is 11.6 Å². The SMILES string of the molecule is CCC(Cl)CNC(=O)c1cccc([N+](=O)[O-])c1C. The normalized spacial score (nSPS) is 11.9. The van der Waals surface area contributed by atoms with Gasteiger partial charge in [0.05, 0.1) is 10.3 Å². The van der Waals surface area contributed by atoms with E-state index in [-0.39, 0.29) is 17.0 Å². The minimum Gasteiger partial charge on any atom is -0.351 e. The number of nitro benzene ring substituents is 1. The van der Waals surface area contributed by atoms with Crippen LogP contribution in [0.1, 0.15) is 29.3 Å². The van der Waals surface area contributed by atoms with Gasteiger partial charge >= 0.3 is 0 Å². The van der Waals surface area contributed by atoms with E-state index in [9.17, 15) is 14.9 Å². The van der Waals surface area contributed by atoms with Gasteiger partial charge in [0.25, 0.3) is 11.6 Å². The minimum atomic E-state index is -0.498. The van der Waals surface area contributed by atoms with Crippen molar-refractivity contribution in [2.24, 2.45) is 0 Å². The molecule has 1 rings (SSSR count). The summed E-state index contributed by atoms with van der Waals surface area (Å²) in [7, 11) is 0. The van der Waals surface area contributed by atoms with Gasteiger partial charge in [-0.05, 0) is 19.4 Å². The molecule has 0 spiro atoms. The van der Waals surface area contributed by atoms with E-state index in [0.29, 0.717) is 17.7 Å². The molecule has 0 bridgehead atoms. The molecule has 1 unspecified atom stereocenters. The number of nitro groups is 1. The van der Waals surface area contributed by atoms with Gasteiger partial charge in [-0.15, -0.1) is 11.6 Å². The lowest BCUT2D eigenvalue weighted by molar-refractivity contribution is -0.385. The van der Waals surface area contributed by atoms with Crippen LogP contribution in [-0.4, -0.2) is 22.8 Å². The molecule has 1 aromatic rings. The first-order valence-electron chi connectivity index (χ1n) is 5.63. The van der Waals surface area contributed by atoms with Crippen molar-refractivity contribution in [1.82, 2.24) is 5.32 Å². The van der Waals surface area contributed by atoms with Gasteiger partial charge in [-0.1, -0.05) is 13.0 Å². The largest absolute Gasteiger partial charge is 0.351 e. The summed E-state index contributed by atoms with van der Waals surface area (Å²) in [6, 6.07) is 4.44. The number of alkyl halides is 1. The molecule has 0 aliphatic rings. The maximum absolute atomic E-state index is 11.9. The van der Waals surface area contributed by atoms with Crippen molar-refractivity contribution in [1.29, 1.82) is 0 Å². The number of hydrogen-bond donors (Lipinski definition) is 1. The quantitative estimate of drug-likeness (QED) is 0.508. The molecule has 0 saturated heterocycles. The van der Waals surface area contributed by atoms with E-state index in [1.54, 1.807) is 13.0 Å². The molecule has 0 aliphatic heterocycles. The highest BCUT2D eigenvalue weighted by atomic mass is 35.5. The summed E-state index contributed by atoms with van der Waals surface area (Å²) in [6.45, 7) is 3.83. The second kappa shape index (κ2) is 6.35. The Bertz CT molecular complexity index is 463. The molecule has 0 radical (unpaired) electrons. The van der Waals surface area contributed by atoms with Crippen molar-refractivity contribution in [2.75, 3.05) is 6.54 Å². The monoisotopic (exact) mass is 270 g/mol. The fraction of sp³-hybridized carbons (Fsp3) is 0.417. The molecular weight excluding hydrogens is 256 g/mol. The van der Waals surface area contributed by atoms with Crippen molar-refractivity contribution in [2.45, 2.75) is 25.6 Å². The first-order valence-corrected chi connectivity index (χ1v) is 6.07. The standard InChI is InChI=1S/C12H15ClN2O3/c1-3-9(13)7-14-12(16)10-5-4-6-11(8(10)2)15(17)18/h4-6,9H,3,7H2,1-2H3,(H,14,16). The number of carbonyl (C=O) groups is 1.